The smallest absolute Gasteiger partial charge is 0.137 e. The van der Waals surface area contributed by atoms with Crippen LogP contribution in [0.2, 0.25) is 0 Å². The highest BCUT2D eigenvalue weighted by Crippen LogP contribution is 2.48. The maximum absolute atomic E-state index is 11.8. The van der Waals surface area contributed by atoms with Gasteiger partial charge in [-0.1, -0.05) is 45.0 Å². The average molecular weight is 326 g/mol. The number of aromatic nitrogens is 1. The van der Waals surface area contributed by atoms with Gasteiger partial charge in [0.05, 0.1) is 13.3 Å². The first-order valence-corrected chi connectivity index (χ1v) is 8.44. The summed E-state index contributed by atoms with van der Waals surface area (Å²) in [6.07, 6.45) is 3.40. The Morgan fingerprint density at radius 2 is 1.83 bits per heavy atom. The number of rotatable bonds is 5. The van der Waals surface area contributed by atoms with Crippen molar-refractivity contribution in [3.63, 3.8) is 0 Å². The molecule has 0 saturated carbocycles. The molecule has 1 atom stereocenters. The molecule has 128 valence electrons. The Hall–Kier alpha value is -1.91. The second-order valence-corrected chi connectivity index (χ2v) is 7.26. The van der Waals surface area contributed by atoms with Crippen LogP contribution in [0.15, 0.2) is 42.7 Å². The predicted octanol–water partition coefficient (Wildman–Crippen LogP) is 3.06. The fraction of sp³-hybridized carbons (Fsp3) is 0.450. The highest BCUT2D eigenvalue weighted by atomic mass is 16.5. The highest BCUT2D eigenvalue weighted by Gasteiger charge is 2.53. The lowest BCUT2D eigenvalue weighted by Gasteiger charge is -2.52. The number of nitrogens with zero attached hydrogens (tertiary/aromatic N) is 1. The van der Waals surface area contributed by atoms with Crippen LogP contribution in [0.25, 0.3) is 0 Å². The zero-order valence-corrected chi connectivity index (χ0v) is 14.8. The van der Waals surface area contributed by atoms with Crippen molar-refractivity contribution in [2.75, 3.05) is 20.2 Å². The first-order chi connectivity index (χ1) is 11.4. The van der Waals surface area contributed by atoms with Gasteiger partial charge in [0.1, 0.15) is 11.4 Å². The van der Waals surface area contributed by atoms with Crippen LogP contribution in [0, 0.1) is 5.41 Å². The van der Waals surface area contributed by atoms with Gasteiger partial charge in [0.25, 0.3) is 0 Å². The molecule has 0 aliphatic carbocycles. The van der Waals surface area contributed by atoms with Crippen molar-refractivity contribution >= 4 is 0 Å². The van der Waals surface area contributed by atoms with Crippen LogP contribution >= 0.6 is 0 Å². The van der Waals surface area contributed by atoms with Crippen LogP contribution in [-0.4, -0.2) is 30.3 Å². The largest absolute Gasteiger partial charge is 0.495 e. The lowest BCUT2D eigenvalue weighted by atomic mass is 9.63. The molecule has 2 aromatic rings. The summed E-state index contributed by atoms with van der Waals surface area (Å²) in [5.41, 5.74) is 1.52. The zero-order chi connectivity index (χ0) is 17.4. The summed E-state index contributed by atoms with van der Waals surface area (Å²) in [7, 11) is 1.61. The number of pyridine rings is 1. The van der Waals surface area contributed by atoms with E-state index in [-0.39, 0.29) is 5.41 Å². The lowest BCUT2D eigenvalue weighted by Crippen LogP contribution is -2.63. The summed E-state index contributed by atoms with van der Waals surface area (Å²) in [6.45, 7) is 7.97. The van der Waals surface area contributed by atoms with E-state index in [4.69, 9.17) is 4.74 Å². The predicted molar refractivity (Wildman–Crippen MR) is 95.3 cm³/mol. The maximum Gasteiger partial charge on any atom is 0.137 e. The molecule has 0 bridgehead atoms. The molecule has 1 aromatic heterocycles. The third kappa shape index (κ3) is 2.60. The Bertz CT molecular complexity index is 708. The van der Waals surface area contributed by atoms with Gasteiger partial charge in [-0.05, 0) is 23.1 Å². The molecule has 0 spiro atoms. The first-order valence-electron chi connectivity index (χ1n) is 8.44. The van der Waals surface area contributed by atoms with Gasteiger partial charge in [-0.25, -0.2) is 0 Å². The summed E-state index contributed by atoms with van der Waals surface area (Å²) < 4.78 is 5.31. The first kappa shape index (κ1) is 16.9. The molecule has 1 fully saturated rings. The van der Waals surface area contributed by atoms with E-state index in [0.717, 1.165) is 24.2 Å². The number of aliphatic hydroxyl groups is 1. The van der Waals surface area contributed by atoms with E-state index in [0.29, 0.717) is 11.7 Å². The molecule has 1 aliphatic rings. The number of hydrogen-bond donors (Lipinski definition) is 2. The van der Waals surface area contributed by atoms with Gasteiger partial charge in [-0.15, -0.1) is 0 Å². The Labute approximate surface area is 143 Å². The number of hydrogen-bond acceptors (Lipinski definition) is 4. The van der Waals surface area contributed by atoms with Crippen molar-refractivity contribution in [2.24, 2.45) is 5.41 Å². The van der Waals surface area contributed by atoms with E-state index in [1.54, 1.807) is 19.5 Å². The van der Waals surface area contributed by atoms with Gasteiger partial charge in [-0.2, -0.15) is 0 Å². The second-order valence-electron chi connectivity index (χ2n) is 7.26. The van der Waals surface area contributed by atoms with E-state index in [1.807, 2.05) is 18.2 Å². The molecule has 2 heterocycles. The third-order valence-corrected chi connectivity index (χ3v) is 5.27. The van der Waals surface area contributed by atoms with E-state index < -0.39 is 5.60 Å². The van der Waals surface area contributed by atoms with Crippen molar-refractivity contribution in [1.82, 2.24) is 10.3 Å². The highest BCUT2D eigenvalue weighted by molar-refractivity contribution is 5.42. The minimum atomic E-state index is -1.12. The van der Waals surface area contributed by atoms with Crippen molar-refractivity contribution in [1.29, 1.82) is 0 Å². The van der Waals surface area contributed by atoms with Crippen molar-refractivity contribution in [3.8, 4) is 5.75 Å². The van der Waals surface area contributed by atoms with E-state index in [2.05, 4.69) is 43.2 Å². The molecule has 0 radical (unpaired) electrons. The fourth-order valence-electron chi connectivity index (χ4n) is 3.46. The van der Waals surface area contributed by atoms with E-state index in [1.165, 1.54) is 5.56 Å². The van der Waals surface area contributed by atoms with E-state index >= 15 is 0 Å². The number of benzene rings is 1. The molecule has 1 aliphatic heterocycles. The summed E-state index contributed by atoms with van der Waals surface area (Å²) in [6, 6.07) is 10.2. The van der Waals surface area contributed by atoms with Crippen LogP contribution in [-0.2, 0) is 5.60 Å². The molecule has 3 rings (SSSR count). The molecule has 4 heteroatoms. The number of methoxy groups -OCH3 is 1. The summed E-state index contributed by atoms with van der Waals surface area (Å²) in [5.74, 6) is 1.12. The Morgan fingerprint density at radius 3 is 2.33 bits per heavy atom. The Balaban J connectivity index is 2.12. The normalized spacial score (nSPS) is 18.8. The molecular formula is C20H26N2O2. The summed E-state index contributed by atoms with van der Waals surface area (Å²) in [5, 5.41) is 15.1. The standard InChI is InChI=1S/C20H26N2O2/c1-14(2)15-5-7-16(8-6-15)20(23,19(3)12-22-13-19)17-9-18(24-4)11-21-10-17/h5-11,14,22-23H,12-13H2,1-4H3. The Morgan fingerprint density at radius 1 is 1.17 bits per heavy atom. The molecule has 0 amide bonds. The van der Waals surface area contributed by atoms with Crippen LogP contribution in [0.1, 0.15) is 43.4 Å². The van der Waals surface area contributed by atoms with Gasteiger partial charge in [0.2, 0.25) is 0 Å². The topological polar surface area (TPSA) is 54.4 Å². The van der Waals surface area contributed by atoms with Crippen LogP contribution in [0.5, 0.6) is 5.75 Å². The molecule has 1 aromatic carbocycles. The summed E-state index contributed by atoms with van der Waals surface area (Å²) in [4.78, 5) is 4.26. The molecule has 2 N–H and O–H groups in total. The fourth-order valence-corrected chi connectivity index (χ4v) is 3.46. The SMILES string of the molecule is COc1cncc(C(O)(c2ccc(C(C)C)cc2)C2(C)CNC2)c1. The van der Waals surface area contributed by atoms with Gasteiger partial charge in [-0.3, -0.25) is 4.98 Å². The lowest BCUT2D eigenvalue weighted by molar-refractivity contribution is -0.0770. The van der Waals surface area contributed by atoms with Crippen LogP contribution in [0.3, 0.4) is 0 Å². The van der Waals surface area contributed by atoms with Crippen molar-refractivity contribution in [3.05, 3.63) is 59.4 Å². The quantitative estimate of drug-likeness (QED) is 0.887. The minimum absolute atomic E-state index is 0.291. The van der Waals surface area contributed by atoms with Crippen molar-refractivity contribution < 1.29 is 9.84 Å². The third-order valence-electron chi connectivity index (χ3n) is 5.27. The second kappa shape index (κ2) is 6.19. The zero-order valence-electron chi connectivity index (χ0n) is 14.8. The van der Waals surface area contributed by atoms with E-state index in [9.17, 15) is 5.11 Å². The minimum Gasteiger partial charge on any atom is -0.495 e. The maximum atomic E-state index is 11.8. The van der Waals surface area contributed by atoms with Crippen LogP contribution in [0.4, 0.5) is 0 Å². The molecule has 24 heavy (non-hydrogen) atoms. The van der Waals surface area contributed by atoms with Gasteiger partial charge in [0, 0.05) is 30.3 Å². The van der Waals surface area contributed by atoms with Crippen molar-refractivity contribution in [2.45, 2.75) is 32.3 Å². The van der Waals surface area contributed by atoms with Gasteiger partial charge < -0.3 is 15.2 Å². The van der Waals surface area contributed by atoms with Crippen LogP contribution < -0.4 is 10.1 Å². The van der Waals surface area contributed by atoms with Gasteiger partial charge >= 0.3 is 0 Å². The monoisotopic (exact) mass is 326 g/mol. The Kier molecular flexibility index (Phi) is 4.37. The molecule has 4 nitrogen and oxygen atoms in total. The molecular weight excluding hydrogens is 300 g/mol. The number of ether oxygens (including phenoxy) is 1. The average Bonchev–Trinajstić information content (AvgIpc) is 2.59. The van der Waals surface area contributed by atoms with Gasteiger partial charge in [0.15, 0.2) is 0 Å². The molecule has 1 unspecified atom stereocenters. The number of nitrogens with one attached hydrogen (secondary N) is 1. The summed E-state index contributed by atoms with van der Waals surface area (Å²) >= 11 is 0. The molecule has 1 saturated heterocycles.